The Balaban J connectivity index is -0.00000000500. The van der Waals surface area contributed by atoms with Gasteiger partial charge in [0, 0.05) is 0 Å². The molecule has 0 fully saturated rings. The van der Waals surface area contributed by atoms with Gasteiger partial charge in [-0.05, 0) is 0 Å². The summed E-state index contributed by atoms with van der Waals surface area (Å²) in [6, 6.07) is 0. The summed E-state index contributed by atoms with van der Waals surface area (Å²) in [5.41, 5.74) is 0. The van der Waals surface area contributed by atoms with Crippen LogP contribution in [0.1, 0.15) is 0 Å². The summed E-state index contributed by atoms with van der Waals surface area (Å²) < 4.78 is 0. The quantitative estimate of drug-likeness (QED) is 0.284. The fourth-order valence-electron chi connectivity index (χ4n) is 0. The first kappa shape index (κ1) is 15.7. The van der Waals surface area contributed by atoms with E-state index in [0.29, 0.717) is 0 Å². The molecule has 4 heteroatoms. The van der Waals surface area contributed by atoms with E-state index < -0.39 is 0 Å². The van der Waals surface area contributed by atoms with Crippen molar-refractivity contribution in [2.75, 3.05) is 0 Å². The van der Waals surface area contributed by atoms with Gasteiger partial charge in [-0.3, -0.25) is 0 Å². The standard InChI is InChI=1S/Bi.Sb.HSeTe.5H/c;;1-2;;;;;/h;;2H;;;;;. The molecule has 0 aliphatic heterocycles. The van der Waals surface area contributed by atoms with Crippen molar-refractivity contribution in [3.63, 3.8) is 0 Å². The molecule has 0 heterocycles. The van der Waals surface area contributed by atoms with Gasteiger partial charge in [0.1, 0.15) is 0 Å². The SMILES string of the molecule is [BiH3].[SbH2].[Se][TeH]. The van der Waals surface area contributed by atoms with Crippen LogP contribution in [0.15, 0.2) is 0 Å². The Morgan fingerprint density at radius 3 is 1.25 bits per heavy atom. The zero-order chi connectivity index (χ0) is 2.00. The summed E-state index contributed by atoms with van der Waals surface area (Å²) in [4.78, 5) is 0. The maximum atomic E-state index is 2.68. The van der Waals surface area contributed by atoms with Gasteiger partial charge in [-0.1, -0.05) is 0 Å². The molecule has 0 saturated heterocycles. The molecule has 0 aromatic heterocycles. The first-order valence-electron chi connectivity index (χ1n) is 0.183. The summed E-state index contributed by atoms with van der Waals surface area (Å²) in [6.07, 6.45) is 0. The second-order valence-corrected chi connectivity index (χ2v) is 0. The molecule has 0 aliphatic carbocycles. The van der Waals surface area contributed by atoms with E-state index in [-0.39, 0.29) is 50.6 Å². The molecule has 28 valence electrons. The second-order valence-electron chi connectivity index (χ2n) is 0. The van der Waals surface area contributed by atoms with Gasteiger partial charge in [0.05, 0.1) is 0 Å². The monoisotopic (exact) mass is 546 g/mol. The van der Waals surface area contributed by atoms with E-state index >= 15 is 0 Å². The number of hydrogen-bond acceptors (Lipinski definition) is 0. The molecule has 0 spiro atoms. The fourth-order valence-corrected chi connectivity index (χ4v) is 0. The third-order valence-corrected chi connectivity index (χ3v) is 0. The van der Waals surface area contributed by atoms with Crippen LogP contribution in [-0.4, -0.2) is 83.5 Å². The van der Waals surface area contributed by atoms with E-state index in [1.54, 1.807) is 20.1 Å². The molecule has 0 atom stereocenters. The molecule has 0 aromatic carbocycles. The Morgan fingerprint density at radius 1 is 1.25 bits per heavy atom. The summed E-state index contributed by atoms with van der Waals surface area (Å²) in [6.45, 7) is 0. The van der Waals surface area contributed by atoms with Crippen molar-refractivity contribution in [1.82, 2.24) is 0 Å². The molecule has 4 heavy (non-hydrogen) atoms. The van der Waals surface area contributed by atoms with E-state index in [2.05, 4.69) is 12.8 Å². The van der Waals surface area contributed by atoms with Crippen LogP contribution < -0.4 is 0 Å². The summed E-state index contributed by atoms with van der Waals surface area (Å²) in [7, 11) is 0. The average molecular weight is 543 g/mol. The molecular formula is H6BiSbSeTe. The van der Waals surface area contributed by atoms with Crippen LogP contribution in [0.3, 0.4) is 0 Å². The molecule has 0 bridgehead atoms. The second kappa shape index (κ2) is 16.6. The normalized spacial score (nSPS) is 1.50. The molecule has 2 radical (unpaired) electrons. The van der Waals surface area contributed by atoms with Crippen molar-refractivity contribution in [2.24, 2.45) is 0 Å². The molecule has 0 nitrogen and oxygen atoms in total. The number of rotatable bonds is 0. The van der Waals surface area contributed by atoms with Crippen molar-refractivity contribution >= 4 is 83.5 Å². The van der Waals surface area contributed by atoms with E-state index in [1.807, 2.05) is 0 Å². The van der Waals surface area contributed by atoms with Crippen LogP contribution in [-0.2, 0) is 0 Å². The molecular weight excluding hydrogens is 537 g/mol. The van der Waals surface area contributed by atoms with Crippen LogP contribution in [0.4, 0.5) is 0 Å². The van der Waals surface area contributed by atoms with Crippen LogP contribution in [0.5, 0.6) is 0 Å². The predicted molar refractivity (Wildman–Crippen MR) is 31.4 cm³/mol. The molecule has 0 aromatic rings. The molecule has 0 amide bonds. The molecule has 0 unspecified atom stereocenters. The Hall–Kier alpha value is 3.01. The summed E-state index contributed by atoms with van der Waals surface area (Å²) in [5, 5.41) is 0. The Labute approximate surface area is 81.8 Å². The Morgan fingerprint density at radius 2 is 1.25 bits per heavy atom. The van der Waals surface area contributed by atoms with Gasteiger partial charge < -0.3 is 0 Å². The minimum absolute atomic E-state index is 0. The predicted octanol–water partition coefficient (Wildman–Crippen LogP) is -3.13. The van der Waals surface area contributed by atoms with Crippen molar-refractivity contribution in [2.45, 2.75) is 0 Å². The van der Waals surface area contributed by atoms with Gasteiger partial charge in [-0.15, -0.1) is 0 Å². The number of hydrogen-bond donors (Lipinski definition) is 0. The first-order valence-corrected chi connectivity index (χ1v) is 6.36. The maximum absolute atomic E-state index is 2.68. The third-order valence-electron chi connectivity index (χ3n) is 0. The van der Waals surface area contributed by atoms with Gasteiger partial charge in [-0.2, -0.15) is 0 Å². The fraction of sp³-hybridized carbons (Fsp3) is 0. The van der Waals surface area contributed by atoms with Gasteiger partial charge in [0.2, 0.25) is 0 Å². The topological polar surface area (TPSA) is 0 Å². The van der Waals surface area contributed by atoms with Crippen molar-refractivity contribution in [3.05, 3.63) is 0 Å². The first-order chi connectivity index (χ1) is 1.00. The van der Waals surface area contributed by atoms with Crippen molar-refractivity contribution in [1.29, 1.82) is 0 Å². The Kier molecular flexibility index (Phi) is 65.5. The van der Waals surface area contributed by atoms with Gasteiger partial charge in [0.25, 0.3) is 0 Å². The Bertz CT molecular complexity index is 8.00. The van der Waals surface area contributed by atoms with Crippen LogP contribution in [0.25, 0.3) is 0 Å². The van der Waals surface area contributed by atoms with E-state index in [1.165, 1.54) is 0 Å². The summed E-state index contributed by atoms with van der Waals surface area (Å²) >= 11 is 4.30. The van der Waals surface area contributed by atoms with Gasteiger partial charge in [-0.25, -0.2) is 0 Å². The zero-order valence-corrected chi connectivity index (χ0v) is 15.2. The van der Waals surface area contributed by atoms with Crippen molar-refractivity contribution in [3.8, 4) is 0 Å². The third kappa shape index (κ3) is 8.89. The van der Waals surface area contributed by atoms with Crippen molar-refractivity contribution < 1.29 is 0 Å². The molecule has 0 saturated carbocycles. The molecule has 0 aliphatic rings. The van der Waals surface area contributed by atoms with E-state index in [9.17, 15) is 0 Å². The van der Waals surface area contributed by atoms with Crippen LogP contribution in [0, 0.1) is 0 Å². The minimum atomic E-state index is 0. The van der Waals surface area contributed by atoms with Crippen LogP contribution >= 0.6 is 0 Å². The molecule has 0 rings (SSSR count). The summed E-state index contributed by atoms with van der Waals surface area (Å²) in [5.74, 6) is 0. The van der Waals surface area contributed by atoms with Gasteiger partial charge >= 0.3 is 83.5 Å². The zero-order valence-electron chi connectivity index (χ0n) is 2.14. The van der Waals surface area contributed by atoms with Crippen LogP contribution in [0.2, 0.25) is 0 Å². The molecule has 0 N–H and O–H groups in total. The average Bonchev–Trinajstić information content (AvgIpc) is 1.00. The van der Waals surface area contributed by atoms with Gasteiger partial charge in [0.15, 0.2) is 0 Å². The van der Waals surface area contributed by atoms with E-state index in [4.69, 9.17) is 0 Å². The van der Waals surface area contributed by atoms with E-state index in [0.717, 1.165) is 0 Å².